The highest BCUT2D eigenvalue weighted by Gasteiger charge is 2.52. The molecule has 1 saturated heterocycles. The van der Waals surface area contributed by atoms with E-state index in [1.54, 1.807) is 75.9 Å². The smallest absolute Gasteiger partial charge is 0.483 e. The molecule has 5 N–H and O–H groups in total. The molecular weight excluding hydrogens is 1640 g/mol. The molecule has 1 fully saturated rings. The number of aryl methyl sites for hydroxylation is 3. The van der Waals surface area contributed by atoms with Gasteiger partial charge in [-0.1, -0.05) is 146 Å². The van der Waals surface area contributed by atoms with Gasteiger partial charge in [0.2, 0.25) is 11.1 Å². The van der Waals surface area contributed by atoms with Crippen molar-refractivity contribution in [3.63, 3.8) is 0 Å². The van der Waals surface area contributed by atoms with Gasteiger partial charge in [-0.05, 0) is 182 Å². The SMILES string of the molecule is CC(C)(C)OC(=O)N1CC=C(B2OC(C)(C)C(C)(C)O2)CC1.CCC(=O)Cl.CCO.CNN=C(N)c1ccc(Br)cc1.Cl.Cn1cnc(-c2ccc(Br)cc2)n1.Cn1cnc(-c2ccc(C3=CCCCC3)cc2)n1.Cn1cnc(-c2ccc(C3=CCN(C(=O)CCl)CC3)cc2)n1.N#Cc1ccc(Br)cc1.O=CO. The topological polar surface area (TPSA) is 309 Å². The molecule has 0 unspecified atom stereocenters. The highest BCUT2D eigenvalue weighted by atomic mass is 79.9. The molecule has 4 aliphatic rings. The van der Waals surface area contributed by atoms with Crippen molar-refractivity contribution in [2.45, 2.75) is 124 Å². The van der Waals surface area contributed by atoms with Gasteiger partial charge in [-0.15, -0.1) is 24.0 Å². The second-order valence-corrected chi connectivity index (χ2v) is 29.3. The molecule has 0 bridgehead atoms. The molecule has 3 aliphatic heterocycles. The van der Waals surface area contributed by atoms with Crippen molar-refractivity contribution in [1.29, 1.82) is 5.26 Å². The number of nitriles is 1. The van der Waals surface area contributed by atoms with Crippen molar-refractivity contribution in [1.82, 2.24) is 59.5 Å². The van der Waals surface area contributed by atoms with Crippen LogP contribution >= 0.6 is 83.4 Å². The first-order valence-electron chi connectivity index (χ1n) is 34.4. The van der Waals surface area contributed by atoms with Gasteiger partial charge in [0.15, 0.2) is 23.3 Å². The number of aliphatic hydroxyl groups is 1. The van der Waals surface area contributed by atoms with Crippen LogP contribution in [0.3, 0.4) is 0 Å². The van der Waals surface area contributed by atoms with Crippen molar-refractivity contribution < 1.29 is 43.4 Å². The van der Waals surface area contributed by atoms with Crippen LogP contribution in [0.4, 0.5) is 4.79 Å². The maximum Gasteiger partial charge on any atom is 0.490 e. The number of aliphatic hydroxyl groups excluding tert-OH is 1. The molecule has 6 heterocycles. The van der Waals surface area contributed by atoms with Crippen LogP contribution in [0.2, 0.25) is 0 Å². The number of hydrogen-bond acceptors (Lipinski definition) is 17. The van der Waals surface area contributed by atoms with Crippen molar-refractivity contribution in [3.05, 3.63) is 200 Å². The number of nitrogens with two attached hydrogens (primary N) is 1. The van der Waals surface area contributed by atoms with Gasteiger partial charge in [-0.25, -0.2) is 19.7 Å². The number of amidine groups is 1. The number of carbonyl (C=O) groups is 4. The molecule has 108 heavy (non-hydrogen) atoms. The molecule has 0 saturated carbocycles. The Labute approximate surface area is 676 Å². The van der Waals surface area contributed by atoms with E-state index >= 15 is 0 Å². The van der Waals surface area contributed by atoms with Gasteiger partial charge in [0.1, 0.15) is 30.5 Å². The van der Waals surface area contributed by atoms with E-state index in [1.165, 1.54) is 48.0 Å². The third kappa shape index (κ3) is 33.2. The van der Waals surface area contributed by atoms with Gasteiger partial charge >= 0.3 is 13.2 Å². The highest BCUT2D eigenvalue weighted by molar-refractivity contribution is 9.11. The summed E-state index contributed by atoms with van der Waals surface area (Å²) in [5.41, 5.74) is 18.2. The molecule has 5 aromatic carbocycles. The summed E-state index contributed by atoms with van der Waals surface area (Å²) < 4.78 is 25.7. The van der Waals surface area contributed by atoms with E-state index in [0.29, 0.717) is 37.5 Å². The number of amides is 2. The Bertz CT molecular complexity index is 4210. The number of carboxylic acid groups (broad SMARTS) is 1. The Morgan fingerprint density at radius 3 is 1.40 bits per heavy atom. The second kappa shape index (κ2) is 48.2. The van der Waals surface area contributed by atoms with E-state index in [2.05, 4.69) is 137 Å². The standard InChI is InChI=1S/C16H28BNO4.C16H17ClN4O.C15H17N3.C9H8BrN3.C8H10BrN3.C7H4BrN.C3H5ClO.C2H6O.CH2O2.ClH/c1-14(2,3)20-13(19)18-10-8-12(9-11-18)17-21-15(4,5)16(6,7)22-17;1-20-11-18-16(19-20)14-4-2-12(3-5-14)13-6-8-21(9-7-13)15(22)10-17;1-18-11-16-15(17-18)14-9-7-13(8-10-14)12-5-3-2-4-6-12;1-13-6-11-9(12-13)7-2-4-8(10)5-3-7;1-11-12-8(10)6-2-4-7(9)5-3-6;8-7-3-1-6(5-9)2-4-7;1-2-3(4)5;1-2-3;2-1-3;/h8H,9-11H2,1-7H3;2-6,11H,7-10H2,1H3;5,7-11H,2-4,6H2,1H3;2-6H,1H3;2-5,11H,1H3,(H2,10,12);1-4H;2H2,1H3;3H,2H2,1H3;1H,(H,2,3);1H. The van der Waals surface area contributed by atoms with Crippen LogP contribution in [0.15, 0.2) is 183 Å². The number of nitrogens with one attached hydrogen (secondary N) is 1. The maximum absolute atomic E-state index is 12.1. The van der Waals surface area contributed by atoms with Gasteiger partial charge < -0.3 is 45.2 Å². The number of carbonyl (C=O) groups excluding carboxylic acids is 3. The third-order valence-electron chi connectivity index (χ3n) is 16.0. The molecule has 24 nitrogen and oxygen atoms in total. The maximum atomic E-state index is 12.1. The second-order valence-electron chi connectivity index (χ2n) is 25.8. The largest absolute Gasteiger partial charge is 0.490 e. The van der Waals surface area contributed by atoms with E-state index < -0.39 is 5.60 Å². The number of hydrogen-bond donors (Lipinski definition) is 4. The van der Waals surface area contributed by atoms with Gasteiger partial charge in [-0.3, -0.25) is 28.4 Å². The molecule has 0 radical (unpaired) electrons. The Balaban J connectivity index is 0.000000332. The number of nitrogens with zero attached hydrogens (tertiary/aromatic N) is 13. The quantitative estimate of drug-likeness (QED) is 0.0188. The van der Waals surface area contributed by atoms with Crippen LogP contribution in [-0.4, -0.2) is 163 Å². The van der Waals surface area contributed by atoms with Crippen LogP contribution in [0.5, 0.6) is 0 Å². The molecular formula is C77H98BBr3Cl3N15O9. The van der Waals surface area contributed by atoms with Crippen LogP contribution < -0.4 is 11.2 Å². The predicted molar refractivity (Wildman–Crippen MR) is 443 cm³/mol. The van der Waals surface area contributed by atoms with Gasteiger partial charge in [0, 0.05) is 103 Å². The molecule has 12 rings (SSSR count). The molecule has 0 spiro atoms. The fourth-order valence-electron chi connectivity index (χ4n) is 9.74. The average Bonchev–Trinajstić information content (AvgIpc) is 1.62. The Morgan fingerprint density at radius 1 is 0.676 bits per heavy atom. The van der Waals surface area contributed by atoms with Crippen molar-refractivity contribution in [2.24, 2.45) is 32.0 Å². The number of aromatic nitrogens is 9. The van der Waals surface area contributed by atoms with E-state index in [1.807, 2.05) is 155 Å². The zero-order valence-electron chi connectivity index (χ0n) is 63.3. The molecule has 8 aromatic rings. The normalized spacial score (nSPS) is 14.4. The minimum Gasteiger partial charge on any atom is -0.483 e. The fraction of sp³-hybridized carbons (Fsp3) is 0.377. The van der Waals surface area contributed by atoms with Gasteiger partial charge in [0.05, 0.1) is 22.8 Å². The first-order valence-corrected chi connectivity index (χ1v) is 37.7. The van der Waals surface area contributed by atoms with Gasteiger partial charge in [-0.2, -0.15) is 25.7 Å². The lowest BCUT2D eigenvalue weighted by atomic mass is 9.75. The number of hydrazone groups is 1. The highest BCUT2D eigenvalue weighted by Crippen LogP contribution is 2.40. The molecule has 3 aromatic heterocycles. The number of halogens is 6. The lowest BCUT2D eigenvalue weighted by Gasteiger charge is -2.32. The summed E-state index contributed by atoms with van der Waals surface area (Å²) in [6, 6.07) is 41.6. The average molecular weight is 1730 g/mol. The summed E-state index contributed by atoms with van der Waals surface area (Å²) in [7, 11) is 7.00. The lowest BCUT2D eigenvalue weighted by Crippen LogP contribution is -2.41. The molecule has 31 heteroatoms. The summed E-state index contributed by atoms with van der Waals surface area (Å²) in [5.74, 6) is 2.82. The number of rotatable bonds is 10. The van der Waals surface area contributed by atoms with Crippen molar-refractivity contribution in [3.8, 4) is 40.2 Å². The van der Waals surface area contributed by atoms with Crippen LogP contribution in [-0.2, 0) is 49.6 Å². The zero-order valence-corrected chi connectivity index (χ0v) is 70.4. The summed E-state index contributed by atoms with van der Waals surface area (Å²) >= 11 is 20.4. The molecule has 0 atom stereocenters. The Hall–Kier alpha value is -8.37. The Morgan fingerprint density at radius 2 is 1.06 bits per heavy atom. The minimum absolute atomic E-state index is 0. The lowest BCUT2D eigenvalue weighted by molar-refractivity contribution is -0.128. The summed E-state index contributed by atoms with van der Waals surface area (Å²) in [4.78, 5) is 57.7. The van der Waals surface area contributed by atoms with E-state index in [9.17, 15) is 14.4 Å². The van der Waals surface area contributed by atoms with Crippen LogP contribution in [0.1, 0.15) is 130 Å². The van der Waals surface area contributed by atoms with E-state index in [-0.39, 0.29) is 66.9 Å². The molecule has 1 aliphatic carbocycles. The van der Waals surface area contributed by atoms with Crippen molar-refractivity contribution >= 4 is 131 Å². The first kappa shape index (κ1) is 93.8. The fourth-order valence-corrected chi connectivity index (χ4v) is 10.7. The van der Waals surface area contributed by atoms with Crippen molar-refractivity contribution in [2.75, 3.05) is 45.7 Å². The first-order chi connectivity index (χ1) is 50.8. The number of allylic oxidation sites excluding steroid dienone is 2. The Kier molecular flexibility index (Phi) is 41.9. The van der Waals surface area contributed by atoms with Gasteiger partial charge in [0.25, 0.3) is 6.47 Å². The summed E-state index contributed by atoms with van der Waals surface area (Å²) in [6.07, 6.45) is 18.4. The van der Waals surface area contributed by atoms with Crippen LogP contribution in [0.25, 0.3) is 45.3 Å². The number of ether oxygens (including phenoxy) is 1. The summed E-state index contributed by atoms with van der Waals surface area (Å²) in [6.45, 7) is 19.7. The third-order valence-corrected chi connectivity index (χ3v) is 18.1. The monoisotopic (exact) mass is 1730 g/mol. The van der Waals surface area contributed by atoms with Crippen LogP contribution in [0, 0.1) is 11.3 Å². The predicted octanol–water partition coefficient (Wildman–Crippen LogP) is 16.1. The minimum atomic E-state index is -0.465. The van der Waals surface area contributed by atoms with E-state index in [0.717, 1.165) is 78.0 Å². The number of benzene rings is 5. The summed E-state index contributed by atoms with van der Waals surface area (Å²) in [5, 5.41) is 39.2. The molecule has 580 valence electrons. The number of alkyl halides is 1. The van der Waals surface area contributed by atoms with E-state index in [4.69, 9.17) is 63.3 Å². The zero-order chi connectivity index (χ0) is 79.3. The molecule has 2 amide bonds.